The third kappa shape index (κ3) is 10.1. The lowest BCUT2D eigenvalue weighted by Gasteiger charge is -2.31. The van der Waals surface area contributed by atoms with Gasteiger partial charge in [0.15, 0.2) is 0 Å². The van der Waals surface area contributed by atoms with Crippen molar-refractivity contribution in [2.75, 3.05) is 25.5 Å². The second-order valence-corrected chi connectivity index (χ2v) is 16.4. The minimum Gasteiger partial charge on any atom is -0.506 e. The third-order valence-electron chi connectivity index (χ3n) is 10.2. The summed E-state index contributed by atoms with van der Waals surface area (Å²) in [5.74, 6) is -0.240. The number of esters is 1. The van der Waals surface area contributed by atoms with Crippen LogP contribution in [0.25, 0.3) is 10.2 Å². The molecule has 2 aromatic carbocycles. The first-order chi connectivity index (χ1) is 27.4. The molecule has 8 N–H and O–H groups in total. The fraction of sp³-hybridized carbons (Fsp3) is 0.359. The molecule has 15 nitrogen and oxygen atoms in total. The number of carbonyl (C=O) groups excluding carboxylic acids is 2. The number of carboxylic acid groups (broad SMARTS) is 2. The van der Waals surface area contributed by atoms with E-state index in [1.807, 2.05) is 54.2 Å². The highest BCUT2D eigenvalue weighted by Gasteiger charge is 2.53. The highest BCUT2D eigenvalue weighted by molar-refractivity contribution is 7.16. The number of thiazole rings is 1. The van der Waals surface area contributed by atoms with Gasteiger partial charge in [0.1, 0.15) is 17.4 Å². The molecular formula is C39H44N4O11S3. The summed E-state index contributed by atoms with van der Waals surface area (Å²) in [6.07, 6.45) is 1.90. The second-order valence-electron chi connectivity index (χ2n) is 13.6. The lowest BCUT2D eigenvalue weighted by atomic mass is 9.96. The first-order valence-electron chi connectivity index (χ1n) is 17.9. The Kier molecular flexibility index (Phi) is 15.1. The molecule has 2 bridgehead atoms. The smallest absolute Gasteiger partial charge is 0.349 e. The van der Waals surface area contributed by atoms with E-state index in [0.29, 0.717) is 56.6 Å². The molecule has 304 valence electrons. The lowest BCUT2D eigenvalue weighted by molar-refractivity contribution is -0.170. The van der Waals surface area contributed by atoms with Crippen LogP contribution in [0.3, 0.4) is 0 Å². The predicted molar refractivity (Wildman–Crippen MR) is 217 cm³/mol. The number of phenols is 1. The van der Waals surface area contributed by atoms with Crippen LogP contribution in [0, 0.1) is 11.8 Å². The molecule has 3 heterocycles. The zero-order valence-corrected chi connectivity index (χ0v) is 33.2. The van der Waals surface area contributed by atoms with Gasteiger partial charge in [-0.05, 0) is 78.9 Å². The maximum absolute atomic E-state index is 13.6. The number of carbonyl (C=O) groups is 4. The number of hydrogen-bond donors (Lipinski definition) is 8. The van der Waals surface area contributed by atoms with Crippen LogP contribution in [0.1, 0.15) is 52.7 Å². The van der Waals surface area contributed by atoms with Crippen molar-refractivity contribution >= 4 is 74.7 Å². The Morgan fingerprint density at radius 3 is 2.28 bits per heavy atom. The summed E-state index contributed by atoms with van der Waals surface area (Å²) < 4.78 is 6.65. The SMILES string of the molecule is CN(CCC(=O)Nc1ccc(CNC[C@H](O)c2ccc(O)c3[nH]c(=O)sc23)cc1)C1C2CCC1C(OC(=O)C(O)(c1cccs1)c1cccs1)C2.O=CO.O=CO. The molecule has 0 aliphatic heterocycles. The molecule has 7 rings (SSSR count). The summed E-state index contributed by atoms with van der Waals surface area (Å²) >= 11 is 3.62. The second kappa shape index (κ2) is 20.0. The van der Waals surface area contributed by atoms with Crippen LogP contribution in [0.2, 0.25) is 0 Å². The van der Waals surface area contributed by atoms with Crippen LogP contribution in [-0.2, 0) is 36.1 Å². The Hall–Kier alpha value is -4.95. The van der Waals surface area contributed by atoms with Crippen molar-refractivity contribution in [3.05, 3.63) is 102 Å². The van der Waals surface area contributed by atoms with Gasteiger partial charge >= 0.3 is 10.8 Å². The Labute approximate surface area is 339 Å². The maximum Gasteiger partial charge on any atom is 0.349 e. The van der Waals surface area contributed by atoms with Crippen LogP contribution < -0.4 is 15.5 Å². The van der Waals surface area contributed by atoms with Crippen molar-refractivity contribution in [1.29, 1.82) is 0 Å². The van der Waals surface area contributed by atoms with Crippen molar-refractivity contribution in [2.24, 2.45) is 11.8 Å². The predicted octanol–water partition coefficient (Wildman–Crippen LogP) is 4.55. The number of aliphatic hydroxyl groups excluding tert-OH is 1. The first kappa shape index (κ1) is 43.2. The topological polar surface area (TPSA) is 239 Å². The van der Waals surface area contributed by atoms with E-state index in [1.165, 1.54) is 28.7 Å². The van der Waals surface area contributed by atoms with E-state index in [9.17, 15) is 29.7 Å². The number of fused-ring (bicyclic) bond motifs is 3. The number of aromatic amines is 1. The van der Waals surface area contributed by atoms with Crippen molar-refractivity contribution < 1.29 is 49.4 Å². The minimum absolute atomic E-state index is 0.0314. The van der Waals surface area contributed by atoms with Crippen molar-refractivity contribution in [2.45, 2.75) is 56.1 Å². The highest BCUT2D eigenvalue weighted by atomic mass is 32.1. The van der Waals surface area contributed by atoms with Gasteiger partial charge in [-0.2, -0.15) is 0 Å². The van der Waals surface area contributed by atoms with Crippen LogP contribution in [0.15, 0.2) is 76.2 Å². The van der Waals surface area contributed by atoms with Crippen molar-refractivity contribution in [1.82, 2.24) is 15.2 Å². The molecule has 18 heteroatoms. The van der Waals surface area contributed by atoms with Gasteiger partial charge in [0.05, 0.1) is 20.6 Å². The van der Waals surface area contributed by atoms with Crippen LogP contribution in [0.5, 0.6) is 5.75 Å². The Balaban J connectivity index is 0.000000973. The molecule has 0 saturated heterocycles. The average molecular weight is 841 g/mol. The van der Waals surface area contributed by atoms with Gasteiger partial charge in [0, 0.05) is 49.3 Å². The molecule has 0 radical (unpaired) electrons. The van der Waals surface area contributed by atoms with Crippen molar-refractivity contribution in [3.8, 4) is 5.75 Å². The van der Waals surface area contributed by atoms with E-state index in [2.05, 4.69) is 20.5 Å². The molecule has 2 aliphatic rings. The van der Waals surface area contributed by atoms with Gasteiger partial charge < -0.3 is 50.8 Å². The number of aromatic hydroxyl groups is 1. The number of thiophene rings is 2. The van der Waals surface area contributed by atoms with Gasteiger partial charge in [-0.15, -0.1) is 22.7 Å². The molecule has 57 heavy (non-hydrogen) atoms. The summed E-state index contributed by atoms with van der Waals surface area (Å²) in [5, 5.41) is 56.1. The maximum atomic E-state index is 13.6. The number of anilines is 1. The van der Waals surface area contributed by atoms with Gasteiger partial charge in [-0.3, -0.25) is 19.2 Å². The number of ether oxygens (including phenoxy) is 1. The fourth-order valence-electron chi connectivity index (χ4n) is 7.69. The number of aliphatic hydroxyl groups is 2. The van der Waals surface area contributed by atoms with Gasteiger partial charge in [-0.1, -0.05) is 41.7 Å². The van der Waals surface area contributed by atoms with E-state index in [1.54, 1.807) is 18.2 Å². The number of phenolic OH excluding ortho intramolecular Hbond substituents is 1. The molecule has 0 spiro atoms. The molecule has 2 aliphatic carbocycles. The molecule has 4 unspecified atom stereocenters. The third-order valence-corrected chi connectivity index (χ3v) is 13.1. The number of H-pyrrole nitrogens is 1. The number of aromatic nitrogens is 1. The van der Waals surface area contributed by atoms with Crippen LogP contribution in [-0.4, -0.2) is 92.5 Å². The summed E-state index contributed by atoms with van der Waals surface area (Å²) in [6.45, 7) is 0.800. The normalized spacial score (nSPS) is 18.9. The number of hydrogen-bond acceptors (Lipinski definition) is 14. The highest BCUT2D eigenvalue weighted by Crippen LogP contribution is 2.49. The van der Waals surface area contributed by atoms with E-state index >= 15 is 0 Å². The van der Waals surface area contributed by atoms with Gasteiger partial charge in [0.25, 0.3) is 12.9 Å². The molecule has 2 saturated carbocycles. The zero-order valence-electron chi connectivity index (χ0n) is 30.8. The molecular weight excluding hydrogens is 797 g/mol. The van der Waals surface area contributed by atoms with E-state index in [4.69, 9.17) is 24.5 Å². The molecule has 3 aromatic heterocycles. The van der Waals surface area contributed by atoms with E-state index < -0.39 is 17.7 Å². The number of benzene rings is 2. The minimum atomic E-state index is -1.82. The fourth-order valence-corrected chi connectivity index (χ4v) is 10.3. The number of nitrogens with one attached hydrogen (secondary N) is 3. The summed E-state index contributed by atoms with van der Waals surface area (Å²) in [4.78, 5) is 60.7. The lowest BCUT2D eigenvalue weighted by Crippen LogP contribution is -2.42. The number of amides is 1. The van der Waals surface area contributed by atoms with Crippen LogP contribution in [0.4, 0.5) is 5.69 Å². The average Bonchev–Trinajstić information content (AvgIpc) is 4.05. The Morgan fingerprint density at radius 2 is 1.67 bits per heavy atom. The quantitative estimate of drug-likeness (QED) is 0.0567. The molecule has 5 aromatic rings. The largest absolute Gasteiger partial charge is 0.506 e. The van der Waals surface area contributed by atoms with Crippen molar-refractivity contribution in [3.63, 3.8) is 0 Å². The monoisotopic (exact) mass is 840 g/mol. The molecule has 5 atom stereocenters. The molecule has 2 fully saturated rings. The van der Waals surface area contributed by atoms with Gasteiger partial charge in [-0.25, -0.2) is 4.79 Å². The van der Waals surface area contributed by atoms with E-state index in [-0.39, 0.29) is 54.1 Å². The first-order valence-corrected chi connectivity index (χ1v) is 20.5. The van der Waals surface area contributed by atoms with Gasteiger partial charge in [0.2, 0.25) is 11.5 Å². The zero-order chi connectivity index (χ0) is 41.1. The summed E-state index contributed by atoms with van der Waals surface area (Å²) in [5.41, 5.74) is 0.739. The number of rotatable bonds is 14. The number of nitrogens with zero attached hydrogens (tertiary/aromatic N) is 1. The van der Waals surface area contributed by atoms with Crippen LogP contribution >= 0.6 is 34.0 Å². The molecule has 1 amide bonds. The Bertz CT molecular complexity index is 2100. The Morgan fingerprint density at radius 1 is 1.02 bits per heavy atom. The van der Waals surface area contributed by atoms with E-state index in [0.717, 1.165) is 36.2 Å². The summed E-state index contributed by atoms with van der Waals surface area (Å²) in [6, 6.07) is 18.0. The summed E-state index contributed by atoms with van der Waals surface area (Å²) in [7, 11) is 2.03. The standard InChI is InChI=1S/C37H40N4O7S3.2CH2O2/c1-41(33-22-8-11-25(33)28(18-22)48-35(45)37(47,29-4-2-16-49-29)30-5-3-17-50-30)15-14-31(44)39-23-9-6-21(7-10-23)19-38-20-27(43)24-12-13-26(42)32-34(24)51-36(46)40-32;2*2-1-3/h2-7,9-10,12-13,16-17,22,25,27-28,33,38,42-43,47H,8,11,14-15,18-20H2,1H3,(H,39,44)(H,40,46);2*1H,(H,2,3)/t22?,25?,27-,28?,33?;;/m0../s1.